The average Bonchev–Trinajstić information content (AvgIpc) is 2.26. The third-order valence-corrected chi connectivity index (χ3v) is 2.46. The Morgan fingerprint density at radius 3 is 2.87 bits per heavy atom. The highest BCUT2D eigenvalue weighted by atomic mass is 79.9. The lowest BCUT2D eigenvalue weighted by molar-refractivity contribution is 0.304. The van der Waals surface area contributed by atoms with Crippen molar-refractivity contribution >= 4 is 21.8 Å². The molecule has 4 nitrogen and oxygen atoms in total. The van der Waals surface area contributed by atoms with Crippen LogP contribution in [0.15, 0.2) is 33.9 Å². The molecule has 82 valence electrons. The molecule has 1 aromatic rings. The molecular formula is C10H13BrN2O2. The molecule has 1 rings (SSSR count). The summed E-state index contributed by atoms with van der Waals surface area (Å²) in [5.41, 5.74) is 5.32. The Kier molecular flexibility index (Phi) is 4.97. The predicted octanol–water partition coefficient (Wildman–Crippen LogP) is 2.35. The first-order chi connectivity index (χ1) is 7.24. The minimum atomic E-state index is 0.228. The summed E-state index contributed by atoms with van der Waals surface area (Å²) in [5.74, 6) is 1.03. The highest BCUT2D eigenvalue weighted by Crippen LogP contribution is 2.23. The number of nitrogens with two attached hydrogens (primary N) is 1. The first-order valence-electron chi connectivity index (χ1n) is 4.57. The molecule has 15 heavy (non-hydrogen) atoms. The molecule has 1 aromatic carbocycles. The molecule has 0 saturated carbocycles. The number of hydrogen-bond acceptors (Lipinski definition) is 3. The normalized spacial score (nSPS) is 11.4. The van der Waals surface area contributed by atoms with E-state index in [1.165, 1.54) is 0 Å². The fraction of sp³-hybridized carbons (Fsp3) is 0.300. The Bertz CT molecular complexity index is 342. The zero-order chi connectivity index (χ0) is 11.1. The highest BCUT2D eigenvalue weighted by molar-refractivity contribution is 9.10. The monoisotopic (exact) mass is 272 g/mol. The van der Waals surface area contributed by atoms with Crippen LogP contribution in [0, 0.1) is 0 Å². The Balaban J connectivity index is 2.29. The summed E-state index contributed by atoms with van der Waals surface area (Å²) >= 11 is 3.38. The van der Waals surface area contributed by atoms with Crippen molar-refractivity contribution in [3.63, 3.8) is 0 Å². The van der Waals surface area contributed by atoms with Gasteiger partial charge in [0.25, 0.3) is 0 Å². The van der Waals surface area contributed by atoms with Gasteiger partial charge in [-0.25, -0.2) is 0 Å². The van der Waals surface area contributed by atoms with E-state index in [-0.39, 0.29) is 5.84 Å². The van der Waals surface area contributed by atoms with Crippen LogP contribution in [0.3, 0.4) is 0 Å². The second-order valence-corrected chi connectivity index (χ2v) is 3.83. The van der Waals surface area contributed by atoms with Crippen LogP contribution in [0.5, 0.6) is 5.75 Å². The molecule has 0 saturated heterocycles. The van der Waals surface area contributed by atoms with E-state index < -0.39 is 0 Å². The smallest absolute Gasteiger partial charge is 0.139 e. The van der Waals surface area contributed by atoms with Crippen LogP contribution in [0.25, 0.3) is 0 Å². The summed E-state index contributed by atoms with van der Waals surface area (Å²) in [6.45, 7) is 0.541. The highest BCUT2D eigenvalue weighted by Gasteiger charge is 1.99. The van der Waals surface area contributed by atoms with Crippen molar-refractivity contribution in [1.82, 2.24) is 0 Å². The maximum absolute atomic E-state index is 8.31. The lowest BCUT2D eigenvalue weighted by Crippen LogP contribution is -2.12. The van der Waals surface area contributed by atoms with E-state index in [1.807, 2.05) is 24.3 Å². The Hall–Kier alpha value is -1.23. The molecule has 0 bridgehead atoms. The first kappa shape index (κ1) is 11.8. The molecule has 0 aromatic heterocycles. The number of para-hydroxylation sites is 1. The lowest BCUT2D eigenvalue weighted by atomic mass is 10.3. The quantitative estimate of drug-likeness (QED) is 0.284. The second kappa shape index (κ2) is 6.29. The van der Waals surface area contributed by atoms with Crippen LogP contribution in [-0.4, -0.2) is 17.6 Å². The van der Waals surface area contributed by atoms with E-state index in [0.29, 0.717) is 13.0 Å². The standard InChI is InChI=1S/C10H13BrN2O2/c11-8-4-1-2-5-9(8)15-7-3-6-10(12)13-14/h1-2,4-5,14H,3,6-7H2,(H2,12,13). The van der Waals surface area contributed by atoms with Crippen LogP contribution in [0.2, 0.25) is 0 Å². The van der Waals surface area contributed by atoms with Crippen LogP contribution < -0.4 is 10.5 Å². The van der Waals surface area contributed by atoms with Crippen molar-refractivity contribution in [3.8, 4) is 5.75 Å². The number of nitrogens with zero attached hydrogens (tertiary/aromatic N) is 1. The van der Waals surface area contributed by atoms with Gasteiger partial charge >= 0.3 is 0 Å². The predicted molar refractivity (Wildman–Crippen MR) is 62.3 cm³/mol. The van der Waals surface area contributed by atoms with Gasteiger partial charge < -0.3 is 15.7 Å². The van der Waals surface area contributed by atoms with E-state index in [0.717, 1.165) is 16.6 Å². The van der Waals surface area contributed by atoms with Gasteiger partial charge in [0.15, 0.2) is 0 Å². The minimum Gasteiger partial charge on any atom is -0.492 e. The van der Waals surface area contributed by atoms with Gasteiger partial charge in [-0.15, -0.1) is 0 Å². The van der Waals surface area contributed by atoms with E-state index in [9.17, 15) is 0 Å². The first-order valence-corrected chi connectivity index (χ1v) is 5.37. The molecule has 0 aliphatic heterocycles. The molecule has 5 heteroatoms. The second-order valence-electron chi connectivity index (χ2n) is 2.97. The molecule has 0 aliphatic carbocycles. The maximum atomic E-state index is 8.31. The summed E-state index contributed by atoms with van der Waals surface area (Å²) < 4.78 is 6.42. The molecule has 3 N–H and O–H groups in total. The number of hydrogen-bond donors (Lipinski definition) is 2. The summed E-state index contributed by atoms with van der Waals surface area (Å²) in [7, 11) is 0. The zero-order valence-corrected chi connectivity index (χ0v) is 9.77. The van der Waals surface area contributed by atoms with Crippen LogP contribution in [0.1, 0.15) is 12.8 Å². The van der Waals surface area contributed by atoms with Crippen LogP contribution >= 0.6 is 15.9 Å². The fourth-order valence-corrected chi connectivity index (χ4v) is 1.45. The summed E-state index contributed by atoms with van der Waals surface area (Å²) in [6, 6.07) is 7.63. The molecule has 0 unspecified atom stereocenters. The van der Waals surface area contributed by atoms with Gasteiger partial charge in [0, 0.05) is 6.42 Å². The lowest BCUT2D eigenvalue weighted by Gasteiger charge is -2.06. The van der Waals surface area contributed by atoms with Gasteiger partial charge in [-0.2, -0.15) is 0 Å². The summed E-state index contributed by atoms with van der Waals surface area (Å²) in [5, 5.41) is 11.2. The number of halogens is 1. The molecule has 0 aliphatic rings. The van der Waals surface area contributed by atoms with Crippen molar-refractivity contribution < 1.29 is 9.94 Å². The minimum absolute atomic E-state index is 0.228. The van der Waals surface area contributed by atoms with Crippen molar-refractivity contribution in [2.24, 2.45) is 10.9 Å². The third-order valence-electron chi connectivity index (χ3n) is 1.80. The molecule has 0 radical (unpaired) electrons. The van der Waals surface area contributed by atoms with Gasteiger partial charge in [-0.3, -0.25) is 0 Å². The molecule has 0 fully saturated rings. The van der Waals surface area contributed by atoms with E-state index in [4.69, 9.17) is 15.7 Å². The summed E-state index contributed by atoms with van der Waals surface area (Å²) in [4.78, 5) is 0. The number of amidine groups is 1. The van der Waals surface area contributed by atoms with E-state index >= 15 is 0 Å². The van der Waals surface area contributed by atoms with Crippen molar-refractivity contribution in [1.29, 1.82) is 0 Å². The number of rotatable bonds is 5. The molecule has 0 spiro atoms. The van der Waals surface area contributed by atoms with E-state index in [1.54, 1.807) is 0 Å². The van der Waals surface area contributed by atoms with Gasteiger partial charge in [0.1, 0.15) is 11.6 Å². The largest absolute Gasteiger partial charge is 0.492 e. The van der Waals surface area contributed by atoms with Gasteiger partial charge in [0.05, 0.1) is 11.1 Å². The van der Waals surface area contributed by atoms with Gasteiger partial charge in [-0.1, -0.05) is 17.3 Å². The molecular weight excluding hydrogens is 260 g/mol. The summed E-state index contributed by atoms with van der Waals surface area (Å²) in [6.07, 6.45) is 1.25. The number of benzene rings is 1. The van der Waals surface area contributed by atoms with Gasteiger partial charge in [-0.05, 0) is 34.5 Å². The maximum Gasteiger partial charge on any atom is 0.139 e. The van der Waals surface area contributed by atoms with Crippen molar-refractivity contribution in [3.05, 3.63) is 28.7 Å². The molecule has 0 amide bonds. The average molecular weight is 273 g/mol. The fourth-order valence-electron chi connectivity index (χ4n) is 1.05. The topological polar surface area (TPSA) is 67.8 Å². The molecule has 0 atom stereocenters. The van der Waals surface area contributed by atoms with E-state index in [2.05, 4.69) is 21.1 Å². The Morgan fingerprint density at radius 1 is 1.47 bits per heavy atom. The van der Waals surface area contributed by atoms with Crippen molar-refractivity contribution in [2.45, 2.75) is 12.8 Å². The third kappa shape index (κ3) is 4.20. The molecule has 0 heterocycles. The zero-order valence-electron chi connectivity index (χ0n) is 8.19. The van der Waals surface area contributed by atoms with Gasteiger partial charge in [0.2, 0.25) is 0 Å². The van der Waals surface area contributed by atoms with Crippen molar-refractivity contribution in [2.75, 3.05) is 6.61 Å². The number of oxime groups is 1. The van der Waals surface area contributed by atoms with Crippen LogP contribution in [-0.2, 0) is 0 Å². The van der Waals surface area contributed by atoms with Crippen LogP contribution in [0.4, 0.5) is 0 Å². The number of ether oxygens (including phenoxy) is 1. The Labute approximate surface area is 96.9 Å². The Morgan fingerprint density at radius 2 is 2.20 bits per heavy atom. The SMILES string of the molecule is N/C(CCCOc1ccccc1Br)=N\O.